The zero-order valence-electron chi connectivity index (χ0n) is 11.8. The number of nitrogens with zero attached hydrogens (tertiary/aromatic N) is 3. The van der Waals surface area contributed by atoms with Gasteiger partial charge in [-0.1, -0.05) is 11.2 Å². The Labute approximate surface area is 126 Å². The van der Waals surface area contributed by atoms with Gasteiger partial charge in [0.1, 0.15) is 6.61 Å². The van der Waals surface area contributed by atoms with E-state index in [0.29, 0.717) is 18.3 Å². The number of amides is 1. The predicted molar refractivity (Wildman–Crippen MR) is 77.1 cm³/mol. The van der Waals surface area contributed by atoms with Crippen molar-refractivity contribution in [1.29, 1.82) is 0 Å². The average Bonchev–Trinajstić information content (AvgIpc) is 3.16. The van der Waals surface area contributed by atoms with E-state index in [9.17, 15) is 4.79 Å². The largest absolute Gasteiger partial charge is 0.368 e. The lowest BCUT2D eigenvalue weighted by atomic mass is 10.1. The molecule has 1 fully saturated rings. The third kappa shape index (κ3) is 3.48. The normalized spacial score (nSPS) is 16.3. The molecule has 0 radical (unpaired) electrons. The van der Waals surface area contributed by atoms with E-state index >= 15 is 0 Å². The van der Waals surface area contributed by atoms with E-state index < -0.39 is 0 Å². The first-order valence-electron chi connectivity index (χ1n) is 6.96. The third-order valence-electron chi connectivity index (χ3n) is 3.47. The average molecular weight is 307 g/mol. The van der Waals surface area contributed by atoms with Crippen LogP contribution in [0.1, 0.15) is 34.2 Å². The van der Waals surface area contributed by atoms with Crippen LogP contribution in [0.25, 0.3) is 0 Å². The zero-order chi connectivity index (χ0) is 14.7. The Bertz CT molecular complexity index is 588. The molecule has 1 aliphatic rings. The van der Waals surface area contributed by atoms with Crippen LogP contribution in [-0.2, 0) is 11.3 Å². The van der Waals surface area contributed by atoms with E-state index in [-0.39, 0.29) is 12.0 Å². The van der Waals surface area contributed by atoms with Gasteiger partial charge in [0.15, 0.2) is 5.82 Å². The lowest BCUT2D eigenvalue weighted by Gasteiger charge is -2.31. The van der Waals surface area contributed by atoms with E-state index in [4.69, 9.17) is 9.26 Å². The monoisotopic (exact) mass is 307 g/mol. The minimum absolute atomic E-state index is 0.121. The summed E-state index contributed by atoms with van der Waals surface area (Å²) in [5.74, 6) is 1.24. The SMILES string of the molecule is Cc1noc(COC2CCN(C(=O)c3cccs3)CC2)n1. The molecule has 1 aliphatic heterocycles. The summed E-state index contributed by atoms with van der Waals surface area (Å²) < 4.78 is 10.8. The first kappa shape index (κ1) is 14.2. The minimum atomic E-state index is 0.121. The Hall–Kier alpha value is -1.73. The van der Waals surface area contributed by atoms with Gasteiger partial charge in [-0.05, 0) is 31.2 Å². The highest BCUT2D eigenvalue weighted by Crippen LogP contribution is 2.19. The molecular formula is C14H17N3O3S. The van der Waals surface area contributed by atoms with Crippen LogP contribution in [0.5, 0.6) is 0 Å². The Balaban J connectivity index is 1.45. The molecule has 1 amide bonds. The maximum atomic E-state index is 12.2. The molecule has 0 aliphatic carbocycles. The molecule has 0 spiro atoms. The first-order chi connectivity index (χ1) is 10.2. The van der Waals surface area contributed by atoms with Crippen molar-refractivity contribution in [1.82, 2.24) is 15.0 Å². The molecule has 2 aromatic heterocycles. The lowest BCUT2D eigenvalue weighted by Crippen LogP contribution is -2.40. The van der Waals surface area contributed by atoms with Crippen molar-refractivity contribution < 1.29 is 14.1 Å². The number of thiophene rings is 1. The van der Waals surface area contributed by atoms with Crippen molar-refractivity contribution in [3.8, 4) is 0 Å². The lowest BCUT2D eigenvalue weighted by molar-refractivity contribution is -0.00969. The number of piperidine rings is 1. The van der Waals surface area contributed by atoms with Crippen LogP contribution >= 0.6 is 11.3 Å². The van der Waals surface area contributed by atoms with Crippen LogP contribution in [0.3, 0.4) is 0 Å². The van der Waals surface area contributed by atoms with Gasteiger partial charge in [-0.2, -0.15) is 4.98 Å². The van der Waals surface area contributed by atoms with Crippen LogP contribution in [0, 0.1) is 6.92 Å². The van der Waals surface area contributed by atoms with Gasteiger partial charge in [0, 0.05) is 13.1 Å². The van der Waals surface area contributed by atoms with E-state index in [1.165, 1.54) is 11.3 Å². The Morgan fingerprint density at radius 3 is 2.95 bits per heavy atom. The van der Waals surface area contributed by atoms with Crippen molar-refractivity contribution in [2.75, 3.05) is 13.1 Å². The maximum Gasteiger partial charge on any atom is 0.263 e. The number of rotatable bonds is 4. The summed E-state index contributed by atoms with van der Waals surface area (Å²) in [6.45, 7) is 3.57. The van der Waals surface area contributed by atoms with Gasteiger partial charge in [-0.25, -0.2) is 0 Å². The van der Waals surface area contributed by atoms with Crippen LogP contribution in [0.15, 0.2) is 22.0 Å². The molecule has 0 N–H and O–H groups in total. The summed E-state index contributed by atoms with van der Waals surface area (Å²) in [6, 6.07) is 3.77. The second kappa shape index (κ2) is 6.36. The quantitative estimate of drug-likeness (QED) is 0.866. The Kier molecular flexibility index (Phi) is 4.31. The summed E-state index contributed by atoms with van der Waals surface area (Å²) in [5, 5.41) is 5.65. The van der Waals surface area contributed by atoms with Gasteiger partial charge in [0.05, 0.1) is 11.0 Å². The smallest absolute Gasteiger partial charge is 0.263 e. The molecule has 1 saturated heterocycles. The molecule has 2 aromatic rings. The Morgan fingerprint density at radius 2 is 2.33 bits per heavy atom. The second-order valence-electron chi connectivity index (χ2n) is 5.02. The third-order valence-corrected chi connectivity index (χ3v) is 4.33. The van der Waals surface area contributed by atoms with Gasteiger partial charge in [0.25, 0.3) is 11.8 Å². The van der Waals surface area contributed by atoms with Crippen molar-refractivity contribution in [2.45, 2.75) is 32.5 Å². The molecule has 6 nitrogen and oxygen atoms in total. The number of aryl methyl sites for hydroxylation is 1. The van der Waals surface area contributed by atoms with E-state index in [1.807, 2.05) is 22.4 Å². The van der Waals surface area contributed by atoms with Crippen molar-refractivity contribution >= 4 is 17.2 Å². The number of hydrogen-bond donors (Lipinski definition) is 0. The van der Waals surface area contributed by atoms with Gasteiger partial charge in [-0.3, -0.25) is 4.79 Å². The Morgan fingerprint density at radius 1 is 1.52 bits per heavy atom. The van der Waals surface area contributed by atoms with Crippen LogP contribution in [0.2, 0.25) is 0 Å². The van der Waals surface area contributed by atoms with Gasteiger partial charge in [-0.15, -0.1) is 11.3 Å². The zero-order valence-corrected chi connectivity index (χ0v) is 12.6. The number of aromatic nitrogens is 2. The van der Waals surface area contributed by atoms with Crippen LogP contribution in [0.4, 0.5) is 0 Å². The number of ether oxygens (including phenoxy) is 1. The molecule has 112 valence electrons. The van der Waals surface area contributed by atoms with Crippen LogP contribution < -0.4 is 0 Å². The van der Waals surface area contributed by atoms with Crippen molar-refractivity contribution in [3.05, 3.63) is 34.1 Å². The number of carbonyl (C=O) groups excluding carboxylic acids is 1. The number of carbonyl (C=O) groups is 1. The molecule has 0 saturated carbocycles. The highest BCUT2D eigenvalue weighted by Gasteiger charge is 2.24. The molecule has 3 heterocycles. The maximum absolute atomic E-state index is 12.2. The molecule has 0 atom stereocenters. The van der Waals surface area contributed by atoms with Crippen molar-refractivity contribution in [3.63, 3.8) is 0 Å². The molecule has 0 aromatic carbocycles. The molecule has 0 unspecified atom stereocenters. The highest BCUT2D eigenvalue weighted by atomic mass is 32.1. The fourth-order valence-electron chi connectivity index (χ4n) is 2.37. The van der Waals surface area contributed by atoms with E-state index in [1.54, 1.807) is 6.92 Å². The fraction of sp³-hybridized carbons (Fsp3) is 0.500. The van der Waals surface area contributed by atoms with Gasteiger partial charge < -0.3 is 14.2 Å². The number of hydrogen-bond acceptors (Lipinski definition) is 6. The second-order valence-corrected chi connectivity index (χ2v) is 5.96. The molecule has 0 bridgehead atoms. The highest BCUT2D eigenvalue weighted by molar-refractivity contribution is 7.12. The summed E-state index contributed by atoms with van der Waals surface area (Å²) in [7, 11) is 0. The van der Waals surface area contributed by atoms with E-state index in [2.05, 4.69) is 10.1 Å². The molecule has 7 heteroatoms. The predicted octanol–water partition coefficient (Wildman–Crippen LogP) is 2.26. The van der Waals surface area contributed by atoms with Crippen LogP contribution in [-0.4, -0.2) is 40.1 Å². The summed E-state index contributed by atoms with van der Waals surface area (Å²) in [6.07, 6.45) is 1.82. The fourth-order valence-corrected chi connectivity index (χ4v) is 3.06. The molecule has 21 heavy (non-hydrogen) atoms. The summed E-state index contributed by atoms with van der Waals surface area (Å²) in [4.78, 5) is 19.0. The first-order valence-corrected chi connectivity index (χ1v) is 7.84. The molecular weight excluding hydrogens is 290 g/mol. The number of likely N-dealkylation sites (tertiary alicyclic amines) is 1. The summed E-state index contributed by atoms with van der Waals surface area (Å²) >= 11 is 1.49. The van der Waals surface area contributed by atoms with E-state index in [0.717, 1.165) is 30.8 Å². The van der Waals surface area contributed by atoms with Gasteiger partial charge in [0.2, 0.25) is 0 Å². The standard InChI is InChI=1S/C14H17N3O3S/c1-10-15-13(20-16-10)9-19-11-4-6-17(7-5-11)14(18)12-3-2-8-21-12/h2-3,8,11H,4-7,9H2,1H3. The summed E-state index contributed by atoms with van der Waals surface area (Å²) in [5.41, 5.74) is 0. The van der Waals surface area contributed by atoms with Gasteiger partial charge >= 0.3 is 0 Å². The molecule has 3 rings (SSSR count). The topological polar surface area (TPSA) is 68.5 Å². The van der Waals surface area contributed by atoms with Crippen molar-refractivity contribution in [2.24, 2.45) is 0 Å². The minimum Gasteiger partial charge on any atom is -0.368 e.